The number of ether oxygens (including phenoxy) is 1. The average Bonchev–Trinajstić information content (AvgIpc) is 2.28. The molecule has 3 nitrogen and oxygen atoms in total. The Labute approximate surface area is 103 Å². The van der Waals surface area contributed by atoms with E-state index in [1.165, 1.54) is 6.07 Å². The van der Waals surface area contributed by atoms with Crippen molar-refractivity contribution < 1.29 is 17.9 Å². The van der Waals surface area contributed by atoms with E-state index in [4.69, 9.17) is 4.74 Å². The summed E-state index contributed by atoms with van der Waals surface area (Å²) in [5, 5.41) is 3.22. The van der Waals surface area contributed by atoms with Gasteiger partial charge in [-0.2, -0.15) is 13.2 Å². The van der Waals surface area contributed by atoms with Crippen LogP contribution < -0.4 is 5.32 Å². The Kier molecular flexibility index (Phi) is 3.33. The molecule has 6 heteroatoms. The molecule has 0 bridgehead atoms. The summed E-state index contributed by atoms with van der Waals surface area (Å²) in [6.07, 6.45) is -3.49. The van der Waals surface area contributed by atoms with E-state index in [0.29, 0.717) is 18.8 Å². The number of aromatic nitrogens is 1. The number of alkyl halides is 3. The third-order valence-electron chi connectivity index (χ3n) is 2.89. The molecule has 1 aromatic rings. The van der Waals surface area contributed by atoms with E-state index in [9.17, 15) is 13.2 Å². The van der Waals surface area contributed by atoms with Crippen LogP contribution in [0.5, 0.6) is 0 Å². The first-order valence-electron chi connectivity index (χ1n) is 5.68. The lowest BCUT2D eigenvalue weighted by Gasteiger charge is -2.35. The molecule has 1 fully saturated rings. The molecular weight excluding hydrogens is 245 g/mol. The van der Waals surface area contributed by atoms with Crippen molar-refractivity contribution >= 4 is 0 Å². The van der Waals surface area contributed by atoms with Crippen LogP contribution >= 0.6 is 0 Å². The van der Waals surface area contributed by atoms with Gasteiger partial charge in [-0.3, -0.25) is 4.98 Å². The van der Waals surface area contributed by atoms with Gasteiger partial charge in [-0.1, -0.05) is 0 Å². The molecular formula is C12H15F3N2O. The number of morpholine rings is 1. The van der Waals surface area contributed by atoms with Gasteiger partial charge in [0.15, 0.2) is 0 Å². The molecule has 1 aliphatic heterocycles. The molecule has 0 radical (unpaired) electrons. The van der Waals surface area contributed by atoms with E-state index >= 15 is 0 Å². The van der Waals surface area contributed by atoms with Crippen molar-refractivity contribution in [2.24, 2.45) is 0 Å². The van der Waals surface area contributed by atoms with E-state index in [1.807, 2.05) is 13.8 Å². The monoisotopic (exact) mass is 260 g/mol. The summed E-state index contributed by atoms with van der Waals surface area (Å²) in [5.74, 6) is 0. The Morgan fingerprint density at radius 2 is 2.11 bits per heavy atom. The van der Waals surface area contributed by atoms with Crippen LogP contribution in [0.15, 0.2) is 18.3 Å². The van der Waals surface area contributed by atoms with Gasteiger partial charge >= 0.3 is 6.18 Å². The Bertz CT molecular complexity index is 404. The fraction of sp³-hybridized carbons (Fsp3) is 0.583. The number of hydrogen-bond acceptors (Lipinski definition) is 3. The molecule has 0 spiro atoms. The minimum atomic E-state index is -4.34. The Hall–Kier alpha value is -1.14. The summed E-state index contributed by atoms with van der Waals surface area (Å²) in [4.78, 5) is 3.85. The van der Waals surface area contributed by atoms with E-state index in [1.54, 1.807) is 0 Å². The highest BCUT2D eigenvalue weighted by Crippen LogP contribution is 2.29. The van der Waals surface area contributed by atoms with E-state index in [-0.39, 0.29) is 11.6 Å². The quantitative estimate of drug-likeness (QED) is 0.842. The van der Waals surface area contributed by atoms with Crippen molar-refractivity contribution in [3.8, 4) is 0 Å². The van der Waals surface area contributed by atoms with Gasteiger partial charge in [0.25, 0.3) is 0 Å². The van der Waals surface area contributed by atoms with Gasteiger partial charge in [0.05, 0.1) is 29.5 Å². The highest BCUT2D eigenvalue weighted by Gasteiger charge is 2.32. The van der Waals surface area contributed by atoms with Gasteiger partial charge in [-0.25, -0.2) is 0 Å². The molecule has 1 aromatic heterocycles. The van der Waals surface area contributed by atoms with Gasteiger partial charge in [0, 0.05) is 12.7 Å². The first kappa shape index (κ1) is 13.3. The predicted molar refractivity (Wildman–Crippen MR) is 60.0 cm³/mol. The topological polar surface area (TPSA) is 34.2 Å². The molecule has 2 heterocycles. The van der Waals surface area contributed by atoms with Crippen LogP contribution in [0.25, 0.3) is 0 Å². The number of nitrogens with zero attached hydrogens (tertiary/aromatic N) is 1. The third kappa shape index (κ3) is 3.00. The number of nitrogens with one attached hydrogen (secondary N) is 1. The molecule has 0 aromatic carbocycles. The zero-order valence-corrected chi connectivity index (χ0v) is 10.2. The molecule has 0 aliphatic carbocycles. The van der Waals surface area contributed by atoms with Gasteiger partial charge in [0.2, 0.25) is 0 Å². The minimum Gasteiger partial charge on any atom is -0.372 e. The Balaban J connectivity index is 2.07. The smallest absolute Gasteiger partial charge is 0.372 e. The zero-order chi connectivity index (χ0) is 13.4. The zero-order valence-electron chi connectivity index (χ0n) is 10.2. The van der Waals surface area contributed by atoms with Crippen molar-refractivity contribution in [1.29, 1.82) is 0 Å². The SMILES string of the molecule is CC1(C)CNC(c2ccc(C(F)(F)F)cn2)CO1. The van der Waals surface area contributed by atoms with Crippen LogP contribution in [-0.2, 0) is 10.9 Å². The predicted octanol–water partition coefficient (Wildman–Crippen LogP) is 2.54. The molecule has 1 N–H and O–H groups in total. The minimum absolute atomic E-state index is 0.152. The highest BCUT2D eigenvalue weighted by molar-refractivity contribution is 5.19. The van der Waals surface area contributed by atoms with Crippen molar-refractivity contribution in [2.45, 2.75) is 31.7 Å². The summed E-state index contributed by atoms with van der Waals surface area (Å²) >= 11 is 0. The van der Waals surface area contributed by atoms with Crippen LogP contribution in [0.3, 0.4) is 0 Å². The van der Waals surface area contributed by atoms with Crippen molar-refractivity contribution in [2.75, 3.05) is 13.2 Å². The lowest BCUT2D eigenvalue weighted by Crippen LogP contribution is -2.47. The van der Waals surface area contributed by atoms with Crippen LogP contribution in [0, 0.1) is 0 Å². The van der Waals surface area contributed by atoms with Crippen LogP contribution in [0.1, 0.15) is 31.1 Å². The summed E-state index contributed by atoms with van der Waals surface area (Å²) in [6, 6.07) is 2.28. The maximum absolute atomic E-state index is 12.4. The molecule has 18 heavy (non-hydrogen) atoms. The molecule has 1 aliphatic rings. The van der Waals surface area contributed by atoms with Crippen LogP contribution in [-0.4, -0.2) is 23.7 Å². The molecule has 1 atom stereocenters. The molecule has 1 unspecified atom stereocenters. The Morgan fingerprint density at radius 3 is 2.56 bits per heavy atom. The van der Waals surface area contributed by atoms with E-state index in [2.05, 4.69) is 10.3 Å². The second-order valence-electron chi connectivity index (χ2n) is 4.97. The van der Waals surface area contributed by atoms with Gasteiger partial charge in [-0.05, 0) is 26.0 Å². The summed E-state index contributed by atoms with van der Waals surface area (Å²) < 4.78 is 42.8. The largest absolute Gasteiger partial charge is 0.417 e. The van der Waals surface area contributed by atoms with Crippen molar-refractivity contribution in [1.82, 2.24) is 10.3 Å². The standard InChI is InChI=1S/C12H15F3N2O/c1-11(2)7-17-10(6-18-11)9-4-3-8(5-16-9)12(13,14)15/h3-5,10,17H,6-7H2,1-2H3. The number of hydrogen-bond donors (Lipinski definition) is 1. The summed E-state index contributed by atoms with van der Waals surface area (Å²) in [5.41, 5.74) is -0.413. The number of pyridine rings is 1. The fourth-order valence-corrected chi connectivity index (χ4v) is 1.76. The van der Waals surface area contributed by atoms with Gasteiger partial charge in [0.1, 0.15) is 0 Å². The van der Waals surface area contributed by atoms with Crippen LogP contribution in [0.4, 0.5) is 13.2 Å². The number of halogens is 3. The maximum Gasteiger partial charge on any atom is 0.417 e. The average molecular weight is 260 g/mol. The molecule has 100 valence electrons. The first-order valence-corrected chi connectivity index (χ1v) is 5.68. The molecule has 0 amide bonds. The van der Waals surface area contributed by atoms with Gasteiger partial charge in [-0.15, -0.1) is 0 Å². The van der Waals surface area contributed by atoms with E-state index < -0.39 is 11.7 Å². The third-order valence-corrected chi connectivity index (χ3v) is 2.89. The summed E-state index contributed by atoms with van der Waals surface area (Å²) in [6.45, 7) is 4.96. The lowest BCUT2D eigenvalue weighted by atomic mass is 10.0. The van der Waals surface area contributed by atoms with Crippen molar-refractivity contribution in [3.05, 3.63) is 29.6 Å². The van der Waals surface area contributed by atoms with Crippen molar-refractivity contribution in [3.63, 3.8) is 0 Å². The molecule has 1 saturated heterocycles. The van der Waals surface area contributed by atoms with Gasteiger partial charge < -0.3 is 10.1 Å². The second kappa shape index (κ2) is 4.51. The normalized spacial score (nSPS) is 23.9. The fourth-order valence-electron chi connectivity index (χ4n) is 1.76. The molecule has 0 saturated carbocycles. The van der Waals surface area contributed by atoms with Crippen LogP contribution in [0.2, 0.25) is 0 Å². The number of rotatable bonds is 1. The molecule has 2 rings (SSSR count). The lowest BCUT2D eigenvalue weighted by molar-refractivity contribution is -0.137. The first-order chi connectivity index (χ1) is 8.28. The van der Waals surface area contributed by atoms with E-state index in [0.717, 1.165) is 12.3 Å². The maximum atomic E-state index is 12.4. The second-order valence-corrected chi connectivity index (χ2v) is 4.97. The summed E-state index contributed by atoms with van der Waals surface area (Å²) in [7, 11) is 0. The Morgan fingerprint density at radius 1 is 1.39 bits per heavy atom. The highest BCUT2D eigenvalue weighted by atomic mass is 19.4.